The topological polar surface area (TPSA) is 116 Å². The molecular weight excluding hydrogens is 338 g/mol. The second kappa shape index (κ2) is 6.98. The number of nitrogens with two attached hydrogens (primary N) is 1. The fourth-order valence-electron chi connectivity index (χ4n) is 1.96. The third kappa shape index (κ3) is 4.43. The van der Waals surface area contributed by atoms with Gasteiger partial charge in [0.2, 0.25) is 10.0 Å². The molecule has 2 rings (SSSR count). The Balaban J connectivity index is 2.14. The van der Waals surface area contributed by atoms with Crippen LogP contribution in [0.1, 0.15) is 17.2 Å². The molecule has 2 aromatic carbocycles. The van der Waals surface area contributed by atoms with Gasteiger partial charge in [0, 0.05) is 11.6 Å². The van der Waals surface area contributed by atoms with E-state index in [0.29, 0.717) is 16.3 Å². The number of rotatable bonds is 5. The molecule has 120 valence electrons. The highest BCUT2D eigenvalue weighted by Crippen LogP contribution is 2.21. The lowest BCUT2D eigenvalue weighted by atomic mass is 10.1. The summed E-state index contributed by atoms with van der Waals surface area (Å²) in [5, 5.41) is 27.8. The van der Waals surface area contributed by atoms with Gasteiger partial charge in [-0.25, -0.2) is 13.6 Å². The van der Waals surface area contributed by atoms with E-state index >= 15 is 0 Å². The summed E-state index contributed by atoms with van der Waals surface area (Å²) in [5.74, 6) is 0. The maximum Gasteiger partial charge on any atom is 0.238 e. The summed E-state index contributed by atoms with van der Waals surface area (Å²) < 4.78 is 22.6. The molecule has 4 N–H and O–H groups in total. The molecule has 0 fully saturated rings. The number of nitrogens with one attached hydrogen (secondary N) is 1. The summed E-state index contributed by atoms with van der Waals surface area (Å²) in [7, 11) is -3.87. The van der Waals surface area contributed by atoms with Crippen LogP contribution in [0, 0.1) is 11.3 Å². The van der Waals surface area contributed by atoms with Gasteiger partial charge in [0.05, 0.1) is 22.3 Å². The molecule has 1 atom stereocenters. The molecule has 0 heterocycles. The van der Waals surface area contributed by atoms with E-state index in [1.165, 1.54) is 18.2 Å². The zero-order valence-electron chi connectivity index (χ0n) is 11.9. The van der Waals surface area contributed by atoms with Gasteiger partial charge in [0.25, 0.3) is 0 Å². The summed E-state index contributed by atoms with van der Waals surface area (Å²) in [6, 6.07) is 12.6. The molecule has 0 aliphatic heterocycles. The smallest absolute Gasteiger partial charge is 0.238 e. The Morgan fingerprint density at radius 1 is 1.26 bits per heavy atom. The molecular formula is C15H14ClN3O3S. The molecule has 0 aliphatic carbocycles. The first-order valence-corrected chi connectivity index (χ1v) is 8.48. The van der Waals surface area contributed by atoms with Crippen molar-refractivity contribution < 1.29 is 13.5 Å². The Labute approximate surface area is 139 Å². The maximum absolute atomic E-state index is 11.3. The van der Waals surface area contributed by atoms with Crippen molar-refractivity contribution in [2.24, 2.45) is 5.14 Å². The largest absolute Gasteiger partial charge is 0.387 e. The van der Waals surface area contributed by atoms with Gasteiger partial charge in [-0.05, 0) is 35.9 Å². The molecule has 8 heteroatoms. The van der Waals surface area contributed by atoms with Crippen LogP contribution in [0.5, 0.6) is 0 Å². The van der Waals surface area contributed by atoms with E-state index in [1.807, 2.05) is 6.07 Å². The normalized spacial score (nSPS) is 12.4. The van der Waals surface area contributed by atoms with Crippen LogP contribution >= 0.6 is 11.6 Å². The minimum atomic E-state index is -3.87. The molecule has 0 saturated heterocycles. The SMILES string of the molecule is N#Cc1cc(S(N)(=O)=O)ccc1NC[C@@H](O)c1ccc(Cl)cc1. The van der Waals surface area contributed by atoms with Crippen LogP contribution in [-0.2, 0) is 10.0 Å². The Hall–Kier alpha value is -2.11. The zero-order valence-corrected chi connectivity index (χ0v) is 13.5. The number of nitriles is 1. The van der Waals surface area contributed by atoms with Crippen molar-refractivity contribution in [2.75, 3.05) is 11.9 Å². The van der Waals surface area contributed by atoms with Crippen LogP contribution in [0.3, 0.4) is 0 Å². The molecule has 2 aromatic rings. The lowest BCUT2D eigenvalue weighted by molar-refractivity contribution is 0.191. The predicted octanol–water partition coefficient (Wildman–Crippen LogP) is 2.00. The number of anilines is 1. The van der Waals surface area contributed by atoms with Gasteiger partial charge < -0.3 is 10.4 Å². The number of hydrogen-bond acceptors (Lipinski definition) is 5. The van der Waals surface area contributed by atoms with Crippen molar-refractivity contribution in [3.63, 3.8) is 0 Å². The summed E-state index contributed by atoms with van der Waals surface area (Å²) in [6.45, 7) is 0.144. The summed E-state index contributed by atoms with van der Waals surface area (Å²) in [5.41, 5.74) is 1.20. The van der Waals surface area contributed by atoms with Crippen molar-refractivity contribution >= 4 is 27.3 Å². The molecule has 0 aromatic heterocycles. The van der Waals surface area contributed by atoms with Gasteiger partial charge in [-0.15, -0.1) is 0 Å². The first kappa shape index (κ1) is 17.2. The summed E-state index contributed by atoms with van der Waals surface area (Å²) in [4.78, 5) is -0.141. The minimum absolute atomic E-state index is 0.125. The number of hydrogen-bond donors (Lipinski definition) is 3. The zero-order chi connectivity index (χ0) is 17.0. The third-order valence-corrected chi connectivity index (χ3v) is 4.34. The molecule has 0 spiro atoms. The number of halogens is 1. The third-order valence-electron chi connectivity index (χ3n) is 3.18. The van der Waals surface area contributed by atoms with E-state index in [0.717, 1.165) is 0 Å². The molecule has 0 aliphatic rings. The monoisotopic (exact) mass is 351 g/mol. The second-order valence-corrected chi connectivity index (χ2v) is 6.81. The fourth-order valence-corrected chi connectivity index (χ4v) is 2.62. The van der Waals surface area contributed by atoms with E-state index in [1.54, 1.807) is 24.3 Å². The highest BCUT2D eigenvalue weighted by Gasteiger charge is 2.13. The highest BCUT2D eigenvalue weighted by molar-refractivity contribution is 7.89. The summed E-state index contributed by atoms with van der Waals surface area (Å²) >= 11 is 5.79. The van der Waals surface area contributed by atoms with Crippen molar-refractivity contribution in [1.82, 2.24) is 0 Å². The van der Waals surface area contributed by atoms with E-state index in [9.17, 15) is 13.5 Å². The summed E-state index contributed by atoms with van der Waals surface area (Å²) in [6.07, 6.45) is -0.809. The van der Waals surface area contributed by atoms with Crippen molar-refractivity contribution in [1.29, 1.82) is 5.26 Å². The lowest BCUT2D eigenvalue weighted by Gasteiger charge is -2.14. The van der Waals surface area contributed by atoms with Gasteiger partial charge in [0.1, 0.15) is 6.07 Å². The van der Waals surface area contributed by atoms with Gasteiger partial charge in [-0.2, -0.15) is 5.26 Å². The van der Waals surface area contributed by atoms with Crippen molar-refractivity contribution in [2.45, 2.75) is 11.0 Å². The second-order valence-electron chi connectivity index (χ2n) is 4.81. The van der Waals surface area contributed by atoms with Crippen LogP contribution in [0.2, 0.25) is 5.02 Å². The van der Waals surface area contributed by atoms with Gasteiger partial charge in [-0.3, -0.25) is 0 Å². The number of aliphatic hydroxyl groups excluding tert-OH is 1. The van der Waals surface area contributed by atoms with E-state index in [2.05, 4.69) is 5.32 Å². The number of primary sulfonamides is 1. The minimum Gasteiger partial charge on any atom is -0.387 e. The van der Waals surface area contributed by atoms with Gasteiger partial charge >= 0.3 is 0 Å². The molecule has 6 nitrogen and oxygen atoms in total. The van der Waals surface area contributed by atoms with Gasteiger partial charge in [-0.1, -0.05) is 23.7 Å². The maximum atomic E-state index is 11.3. The molecule has 0 radical (unpaired) electrons. The first-order valence-electron chi connectivity index (χ1n) is 6.55. The van der Waals surface area contributed by atoms with E-state index < -0.39 is 16.1 Å². The van der Waals surface area contributed by atoms with E-state index in [4.69, 9.17) is 22.0 Å². The van der Waals surface area contributed by atoms with Gasteiger partial charge in [0.15, 0.2) is 0 Å². The van der Waals surface area contributed by atoms with Crippen molar-refractivity contribution in [3.8, 4) is 6.07 Å². The van der Waals surface area contributed by atoms with Crippen LogP contribution in [0.25, 0.3) is 0 Å². The Kier molecular flexibility index (Phi) is 5.23. The Morgan fingerprint density at radius 2 is 1.91 bits per heavy atom. The fraction of sp³-hybridized carbons (Fsp3) is 0.133. The molecule has 0 bridgehead atoms. The molecule has 0 amide bonds. The predicted molar refractivity (Wildman–Crippen MR) is 87.4 cm³/mol. The van der Waals surface area contributed by atoms with Crippen LogP contribution in [0.4, 0.5) is 5.69 Å². The first-order chi connectivity index (χ1) is 10.8. The molecule has 0 unspecified atom stereocenters. The Bertz CT molecular complexity index is 845. The number of aliphatic hydroxyl groups is 1. The lowest BCUT2D eigenvalue weighted by Crippen LogP contribution is -2.15. The average molecular weight is 352 g/mol. The number of nitrogens with zero attached hydrogens (tertiary/aromatic N) is 1. The van der Waals surface area contributed by atoms with Crippen LogP contribution in [-0.4, -0.2) is 20.1 Å². The molecule has 0 saturated carbocycles. The number of sulfonamides is 1. The van der Waals surface area contributed by atoms with Crippen molar-refractivity contribution in [3.05, 3.63) is 58.6 Å². The van der Waals surface area contributed by atoms with Crippen LogP contribution in [0.15, 0.2) is 47.4 Å². The average Bonchev–Trinajstić information content (AvgIpc) is 2.52. The Morgan fingerprint density at radius 3 is 2.48 bits per heavy atom. The van der Waals surface area contributed by atoms with Crippen LogP contribution < -0.4 is 10.5 Å². The standard InChI is InChI=1S/C15H14ClN3O3S/c16-12-3-1-10(2-4-12)15(20)9-19-14-6-5-13(23(18,21)22)7-11(14)8-17/h1-7,15,19-20H,9H2,(H2,18,21,22)/t15-/m1/s1. The quantitative estimate of drug-likeness (QED) is 0.761. The highest BCUT2D eigenvalue weighted by atomic mass is 35.5. The number of benzene rings is 2. The van der Waals surface area contributed by atoms with E-state index in [-0.39, 0.29) is 17.0 Å². The molecule has 23 heavy (non-hydrogen) atoms.